The van der Waals surface area contributed by atoms with Crippen molar-refractivity contribution in [3.8, 4) is 0 Å². The Morgan fingerprint density at radius 1 is 1.09 bits per heavy atom. The third kappa shape index (κ3) is 6.26. The summed E-state index contributed by atoms with van der Waals surface area (Å²) in [5, 5.41) is 2.14. The van der Waals surface area contributed by atoms with Gasteiger partial charge in [0.1, 0.15) is 6.54 Å². The molecule has 0 bridgehead atoms. The molecular weight excluding hydrogens is 428 g/mol. The molecule has 2 aromatic rings. The Balaban J connectivity index is 1.77. The summed E-state index contributed by atoms with van der Waals surface area (Å²) in [6.07, 6.45) is 7.88. The lowest BCUT2D eigenvalue weighted by atomic mass is 9.90. The minimum Gasteiger partial charge on any atom is -0.331 e. The molecule has 0 radical (unpaired) electrons. The summed E-state index contributed by atoms with van der Waals surface area (Å²) >= 11 is 1.78. The zero-order valence-corrected chi connectivity index (χ0v) is 21.6. The van der Waals surface area contributed by atoms with Gasteiger partial charge in [-0.3, -0.25) is 9.59 Å². The van der Waals surface area contributed by atoms with Crippen LogP contribution in [0.5, 0.6) is 0 Å². The van der Waals surface area contributed by atoms with E-state index in [0.717, 1.165) is 25.7 Å². The Hall–Kier alpha value is -2.14. The van der Waals surface area contributed by atoms with Gasteiger partial charge in [-0.1, -0.05) is 63.8 Å². The van der Waals surface area contributed by atoms with Crippen LogP contribution in [0.25, 0.3) is 0 Å². The highest BCUT2D eigenvalue weighted by molar-refractivity contribution is 7.10. The van der Waals surface area contributed by atoms with E-state index in [2.05, 4.69) is 57.3 Å². The number of aryl methyl sites for hydroxylation is 1. The monoisotopic (exact) mass is 468 g/mol. The van der Waals surface area contributed by atoms with E-state index in [0.29, 0.717) is 13.0 Å². The molecule has 1 aromatic heterocycles. The number of hydrogen-bond donors (Lipinski definition) is 0. The van der Waals surface area contributed by atoms with Gasteiger partial charge in [0.2, 0.25) is 11.8 Å². The molecular formula is C28H40N2O2S. The largest absolute Gasteiger partial charge is 0.331 e. The second-order valence-electron chi connectivity index (χ2n) is 9.34. The van der Waals surface area contributed by atoms with Crippen LogP contribution in [-0.4, -0.2) is 40.7 Å². The number of rotatable bonds is 11. The van der Waals surface area contributed by atoms with Crippen molar-refractivity contribution in [2.45, 2.75) is 91.1 Å². The molecule has 33 heavy (non-hydrogen) atoms. The summed E-state index contributed by atoms with van der Waals surface area (Å²) < 4.78 is 0. The van der Waals surface area contributed by atoms with Crippen molar-refractivity contribution in [2.75, 3.05) is 13.1 Å². The Labute approximate surface area is 204 Å². The van der Waals surface area contributed by atoms with E-state index >= 15 is 0 Å². The maximum absolute atomic E-state index is 13.7. The first-order chi connectivity index (χ1) is 16.0. The zero-order chi connectivity index (χ0) is 23.8. The van der Waals surface area contributed by atoms with Crippen molar-refractivity contribution >= 4 is 23.2 Å². The number of hydrogen-bond acceptors (Lipinski definition) is 3. The average molecular weight is 469 g/mol. The summed E-state index contributed by atoms with van der Waals surface area (Å²) in [7, 11) is 0. The lowest BCUT2D eigenvalue weighted by Crippen LogP contribution is -2.49. The highest BCUT2D eigenvalue weighted by atomic mass is 32.1. The van der Waals surface area contributed by atoms with E-state index < -0.39 is 0 Å². The van der Waals surface area contributed by atoms with Crippen LogP contribution in [-0.2, 0) is 16.0 Å². The van der Waals surface area contributed by atoms with Gasteiger partial charge in [0.15, 0.2) is 0 Å². The molecule has 0 saturated carbocycles. The fourth-order valence-electron chi connectivity index (χ4n) is 4.78. The molecule has 0 saturated heterocycles. The number of fused-ring (bicyclic) bond motifs is 1. The second-order valence-corrected chi connectivity index (χ2v) is 10.3. The lowest BCUT2D eigenvalue weighted by molar-refractivity contribution is -0.143. The van der Waals surface area contributed by atoms with Gasteiger partial charge in [0.05, 0.1) is 6.04 Å². The Morgan fingerprint density at radius 2 is 1.85 bits per heavy atom. The maximum atomic E-state index is 13.7. The fraction of sp³-hybridized carbons (Fsp3) is 0.571. The minimum absolute atomic E-state index is 0.0553. The van der Waals surface area contributed by atoms with E-state index in [1.807, 2.05) is 15.9 Å². The maximum Gasteiger partial charge on any atom is 0.243 e. The van der Waals surface area contributed by atoms with E-state index in [1.165, 1.54) is 40.8 Å². The van der Waals surface area contributed by atoms with Gasteiger partial charge >= 0.3 is 0 Å². The number of amides is 2. The number of carbonyl (C=O) groups is 2. The molecule has 1 aliphatic rings. The molecule has 1 aromatic carbocycles. The molecule has 4 nitrogen and oxygen atoms in total. The summed E-state index contributed by atoms with van der Waals surface area (Å²) in [6.45, 7) is 9.34. The van der Waals surface area contributed by atoms with Crippen molar-refractivity contribution in [2.24, 2.45) is 0 Å². The third-order valence-corrected chi connectivity index (χ3v) is 8.01. The predicted molar refractivity (Wildman–Crippen MR) is 138 cm³/mol. The third-order valence-electron chi connectivity index (χ3n) is 7.01. The smallest absolute Gasteiger partial charge is 0.243 e. The molecule has 180 valence electrons. The van der Waals surface area contributed by atoms with E-state index in [4.69, 9.17) is 0 Å². The van der Waals surface area contributed by atoms with Gasteiger partial charge < -0.3 is 9.80 Å². The fourth-order valence-corrected chi connectivity index (χ4v) is 5.69. The number of unbranched alkanes of at least 4 members (excludes halogenated alkanes) is 4. The zero-order valence-electron chi connectivity index (χ0n) is 20.8. The van der Waals surface area contributed by atoms with Crippen LogP contribution < -0.4 is 0 Å². The van der Waals surface area contributed by atoms with E-state index in [1.54, 1.807) is 11.3 Å². The minimum atomic E-state index is -0.0726. The average Bonchev–Trinajstić information content (AvgIpc) is 3.30. The van der Waals surface area contributed by atoms with Crippen LogP contribution in [0.2, 0.25) is 0 Å². The standard InChI is InChI=1S/C28H40N2O2S/c1-5-7-8-9-10-15-26(31)30(22(4)6-2)20-27(32)29-18-16-25-24(17-19-33-25)28(29)23-14-12-11-13-21(23)3/h11-14,17,19,22,28H,5-10,15-16,18,20H2,1-4H3. The SMILES string of the molecule is CCCCCCCC(=O)N(CC(=O)N1CCc2sccc2C1c1ccccc1C)C(C)CC. The van der Waals surface area contributed by atoms with Crippen LogP contribution in [0.1, 0.15) is 93.3 Å². The Kier molecular flexibility index (Phi) is 9.54. The van der Waals surface area contributed by atoms with E-state index in [-0.39, 0.29) is 30.4 Å². The van der Waals surface area contributed by atoms with Crippen LogP contribution in [0.15, 0.2) is 35.7 Å². The molecule has 2 atom stereocenters. The summed E-state index contributed by atoms with van der Waals surface area (Å²) in [4.78, 5) is 32.0. The van der Waals surface area contributed by atoms with Gasteiger partial charge in [-0.2, -0.15) is 0 Å². The van der Waals surface area contributed by atoms with Crippen LogP contribution in [0.3, 0.4) is 0 Å². The van der Waals surface area contributed by atoms with Gasteiger partial charge in [0.25, 0.3) is 0 Å². The molecule has 5 heteroatoms. The van der Waals surface area contributed by atoms with Gasteiger partial charge in [-0.25, -0.2) is 0 Å². The van der Waals surface area contributed by atoms with E-state index in [9.17, 15) is 9.59 Å². The number of benzene rings is 1. The molecule has 2 unspecified atom stereocenters. The first kappa shape index (κ1) is 25.5. The van der Waals surface area contributed by atoms with Crippen molar-refractivity contribution in [1.29, 1.82) is 0 Å². The van der Waals surface area contributed by atoms with Crippen LogP contribution in [0, 0.1) is 6.92 Å². The molecule has 2 amide bonds. The number of nitrogens with zero attached hydrogens (tertiary/aromatic N) is 2. The van der Waals surface area contributed by atoms with Crippen molar-refractivity contribution in [3.05, 3.63) is 57.3 Å². The molecule has 2 heterocycles. The summed E-state index contributed by atoms with van der Waals surface area (Å²) in [5.41, 5.74) is 3.62. The summed E-state index contributed by atoms with van der Waals surface area (Å²) in [6, 6.07) is 10.5. The molecule has 0 aliphatic carbocycles. The van der Waals surface area contributed by atoms with Crippen molar-refractivity contribution < 1.29 is 9.59 Å². The Morgan fingerprint density at radius 3 is 2.58 bits per heavy atom. The van der Waals surface area contributed by atoms with Gasteiger partial charge in [-0.05, 0) is 61.2 Å². The van der Waals surface area contributed by atoms with Gasteiger partial charge in [-0.15, -0.1) is 11.3 Å². The first-order valence-electron chi connectivity index (χ1n) is 12.7. The van der Waals surface area contributed by atoms with Gasteiger partial charge in [0, 0.05) is 23.9 Å². The molecule has 0 spiro atoms. The number of carbonyl (C=O) groups excluding carboxylic acids is 2. The lowest BCUT2D eigenvalue weighted by Gasteiger charge is -2.39. The van der Waals surface area contributed by atoms with Crippen LogP contribution in [0.4, 0.5) is 0 Å². The highest BCUT2D eigenvalue weighted by Crippen LogP contribution is 2.39. The second kappa shape index (κ2) is 12.4. The topological polar surface area (TPSA) is 40.6 Å². The normalized spacial score (nSPS) is 16.4. The first-order valence-corrected chi connectivity index (χ1v) is 13.6. The molecule has 0 fully saturated rings. The molecule has 3 rings (SSSR count). The molecule has 1 aliphatic heterocycles. The molecule has 0 N–H and O–H groups in total. The quantitative estimate of drug-likeness (QED) is 0.352. The van der Waals surface area contributed by atoms with Crippen molar-refractivity contribution in [3.63, 3.8) is 0 Å². The summed E-state index contributed by atoms with van der Waals surface area (Å²) in [5.74, 6) is 0.176. The van der Waals surface area contributed by atoms with Crippen LogP contribution >= 0.6 is 11.3 Å². The number of thiophene rings is 1. The Bertz CT molecular complexity index is 922. The van der Waals surface area contributed by atoms with Crippen molar-refractivity contribution in [1.82, 2.24) is 9.80 Å². The predicted octanol–water partition coefficient (Wildman–Crippen LogP) is 6.52. The highest BCUT2D eigenvalue weighted by Gasteiger charge is 2.35.